The second-order valence-corrected chi connectivity index (χ2v) is 22.7. The highest BCUT2D eigenvalue weighted by atomic mass is 16.6. The molecular weight excluding hydrogens is 925 g/mol. The highest BCUT2D eigenvalue weighted by Crippen LogP contribution is 2.18. The van der Waals surface area contributed by atoms with E-state index >= 15 is 0 Å². The van der Waals surface area contributed by atoms with Crippen LogP contribution in [-0.2, 0) is 28.6 Å². The van der Waals surface area contributed by atoms with Crippen molar-refractivity contribution in [3.63, 3.8) is 0 Å². The fourth-order valence-electron chi connectivity index (χ4n) is 10.1. The van der Waals surface area contributed by atoms with Crippen molar-refractivity contribution in [2.75, 3.05) is 13.2 Å². The van der Waals surface area contributed by atoms with Crippen molar-refractivity contribution in [1.29, 1.82) is 0 Å². The molecule has 0 saturated carbocycles. The van der Waals surface area contributed by atoms with Crippen LogP contribution in [0, 0.1) is 0 Å². The number of allylic oxidation sites excluding steroid dienone is 6. The van der Waals surface area contributed by atoms with Crippen molar-refractivity contribution in [1.82, 2.24) is 0 Å². The number of rotatable bonds is 62. The van der Waals surface area contributed by atoms with Gasteiger partial charge in [-0.05, 0) is 77.0 Å². The Morgan fingerprint density at radius 2 is 0.480 bits per heavy atom. The fraction of sp³-hybridized carbons (Fsp3) is 0.870. The van der Waals surface area contributed by atoms with Gasteiger partial charge >= 0.3 is 17.9 Å². The molecule has 0 heterocycles. The molecule has 1 atom stereocenters. The first-order valence-electron chi connectivity index (χ1n) is 33.5. The van der Waals surface area contributed by atoms with Crippen molar-refractivity contribution < 1.29 is 28.6 Å². The summed E-state index contributed by atoms with van der Waals surface area (Å²) in [4.78, 5) is 38.2. The van der Waals surface area contributed by atoms with E-state index in [1.54, 1.807) is 0 Å². The van der Waals surface area contributed by atoms with Crippen LogP contribution in [0.15, 0.2) is 36.5 Å². The SMILES string of the molecule is CCCCCCC/C=C\C/C=C\CCCCCCCCCCCCCCCCCC(=O)OCC(COC(=O)CCCCCCCCCCC)OC(=O)CCCCCCCCCCC/C=C\CCCCCCCCCC. The van der Waals surface area contributed by atoms with Gasteiger partial charge in [-0.1, -0.05) is 308 Å². The quantitative estimate of drug-likeness (QED) is 0.0261. The third-order valence-electron chi connectivity index (χ3n) is 15.1. The molecule has 6 heteroatoms. The number of hydrogen-bond donors (Lipinski definition) is 0. The molecule has 0 saturated heterocycles. The molecule has 75 heavy (non-hydrogen) atoms. The first-order chi connectivity index (χ1) is 37.0. The van der Waals surface area contributed by atoms with Gasteiger partial charge in [-0.3, -0.25) is 14.4 Å². The third kappa shape index (κ3) is 62.4. The second-order valence-electron chi connectivity index (χ2n) is 22.7. The number of carbonyl (C=O) groups is 3. The van der Waals surface area contributed by atoms with Crippen LogP contribution in [0.25, 0.3) is 0 Å². The van der Waals surface area contributed by atoms with E-state index in [0.29, 0.717) is 19.3 Å². The summed E-state index contributed by atoms with van der Waals surface area (Å²) in [5.74, 6) is -0.850. The van der Waals surface area contributed by atoms with E-state index in [4.69, 9.17) is 14.2 Å². The van der Waals surface area contributed by atoms with E-state index < -0.39 is 6.10 Å². The Bertz CT molecular complexity index is 1250. The Balaban J connectivity index is 4.13. The predicted molar refractivity (Wildman–Crippen MR) is 326 cm³/mol. The molecule has 0 aromatic carbocycles. The number of hydrogen-bond acceptors (Lipinski definition) is 6. The molecule has 0 fully saturated rings. The molecule has 0 aliphatic rings. The fourth-order valence-corrected chi connectivity index (χ4v) is 10.1. The van der Waals surface area contributed by atoms with Gasteiger partial charge in [0.05, 0.1) is 0 Å². The van der Waals surface area contributed by atoms with Gasteiger partial charge in [-0.15, -0.1) is 0 Å². The summed E-state index contributed by atoms with van der Waals surface area (Å²) in [5, 5.41) is 0. The Kier molecular flexibility index (Phi) is 62.1. The normalized spacial score (nSPS) is 12.2. The van der Waals surface area contributed by atoms with Crippen molar-refractivity contribution in [3.8, 4) is 0 Å². The van der Waals surface area contributed by atoms with Gasteiger partial charge in [0.25, 0.3) is 0 Å². The van der Waals surface area contributed by atoms with Crippen LogP contribution in [-0.4, -0.2) is 37.2 Å². The van der Waals surface area contributed by atoms with E-state index in [-0.39, 0.29) is 31.1 Å². The summed E-state index contributed by atoms with van der Waals surface area (Å²) in [5.41, 5.74) is 0. The van der Waals surface area contributed by atoms with Crippen LogP contribution in [0.2, 0.25) is 0 Å². The Morgan fingerprint density at radius 1 is 0.267 bits per heavy atom. The van der Waals surface area contributed by atoms with Gasteiger partial charge in [0.15, 0.2) is 6.10 Å². The van der Waals surface area contributed by atoms with Gasteiger partial charge in [0, 0.05) is 19.3 Å². The van der Waals surface area contributed by atoms with Crippen LogP contribution in [0.3, 0.4) is 0 Å². The Morgan fingerprint density at radius 3 is 0.747 bits per heavy atom. The summed E-state index contributed by atoms with van der Waals surface area (Å²) in [6, 6.07) is 0. The van der Waals surface area contributed by atoms with E-state index in [9.17, 15) is 14.4 Å². The molecule has 0 N–H and O–H groups in total. The smallest absolute Gasteiger partial charge is 0.306 e. The van der Waals surface area contributed by atoms with Crippen molar-refractivity contribution in [3.05, 3.63) is 36.5 Å². The molecule has 0 aromatic heterocycles. The highest BCUT2D eigenvalue weighted by Gasteiger charge is 2.19. The third-order valence-corrected chi connectivity index (χ3v) is 15.1. The zero-order chi connectivity index (χ0) is 54.3. The number of unbranched alkanes of at least 4 members (excludes halogenated alkanes) is 45. The molecule has 0 spiro atoms. The minimum atomic E-state index is -0.770. The minimum absolute atomic E-state index is 0.0683. The molecule has 0 rings (SSSR count). The molecule has 0 aliphatic carbocycles. The standard InChI is InChI=1S/C69H128O6/c1-4-7-10-13-16-19-21-23-25-27-29-31-32-33-34-35-36-38-39-41-43-45-47-50-53-56-59-62-68(71)74-65-66(64-73-67(70)61-58-55-52-49-18-15-12-9-6-3)75-69(72)63-60-57-54-51-48-46-44-42-40-37-30-28-26-24-22-20-17-14-11-8-5-2/h21,23,27-30,66H,4-20,22,24-26,31-65H2,1-3H3/b23-21-,29-27-,30-28-. The molecule has 0 bridgehead atoms. The van der Waals surface area contributed by atoms with Crippen LogP contribution in [0.1, 0.15) is 367 Å². The van der Waals surface area contributed by atoms with E-state index in [1.165, 1.54) is 263 Å². The average molecular weight is 1050 g/mol. The topological polar surface area (TPSA) is 78.9 Å². The predicted octanol–water partition coefficient (Wildman–Crippen LogP) is 22.8. The van der Waals surface area contributed by atoms with Crippen LogP contribution >= 0.6 is 0 Å². The lowest BCUT2D eigenvalue weighted by atomic mass is 10.0. The molecule has 1 unspecified atom stereocenters. The minimum Gasteiger partial charge on any atom is -0.462 e. The van der Waals surface area contributed by atoms with Crippen LogP contribution < -0.4 is 0 Å². The van der Waals surface area contributed by atoms with Crippen molar-refractivity contribution in [2.45, 2.75) is 374 Å². The van der Waals surface area contributed by atoms with Crippen LogP contribution in [0.5, 0.6) is 0 Å². The Hall–Kier alpha value is -2.37. The lowest BCUT2D eigenvalue weighted by Crippen LogP contribution is -2.30. The van der Waals surface area contributed by atoms with Gasteiger partial charge in [-0.2, -0.15) is 0 Å². The zero-order valence-electron chi connectivity index (χ0n) is 50.6. The molecule has 0 aliphatic heterocycles. The average Bonchev–Trinajstić information content (AvgIpc) is 3.41. The van der Waals surface area contributed by atoms with Gasteiger partial charge in [0.2, 0.25) is 0 Å². The molecule has 0 aromatic rings. The monoisotopic (exact) mass is 1050 g/mol. The summed E-state index contributed by atoms with van der Waals surface area (Å²) in [7, 11) is 0. The maximum absolute atomic E-state index is 12.9. The largest absolute Gasteiger partial charge is 0.462 e. The van der Waals surface area contributed by atoms with Gasteiger partial charge < -0.3 is 14.2 Å². The van der Waals surface area contributed by atoms with Gasteiger partial charge in [-0.25, -0.2) is 0 Å². The summed E-state index contributed by atoms with van der Waals surface area (Å²) in [6.07, 6.45) is 78.9. The number of ether oxygens (including phenoxy) is 3. The van der Waals surface area contributed by atoms with Crippen molar-refractivity contribution in [2.24, 2.45) is 0 Å². The molecule has 0 radical (unpaired) electrons. The van der Waals surface area contributed by atoms with Crippen LogP contribution in [0.4, 0.5) is 0 Å². The summed E-state index contributed by atoms with van der Waals surface area (Å²) in [6.45, 7) is 6.67. The first kappa shape index (κ1) is 72.6. The number of esters is 3. The maximum Gasteiger partial charge on any atom is 0.306 e. The molecule has 6 nitrogen and oxygen atoms in total. The van der Waals surface area contributed by atoms with Gasteiger partial charge in [0.1, 0.15) is 13.2 Å². The first-order valence-corrected chi connectivity index (χ1v) is 33.5. The van der Waals surface area contributed by atoms with E-state index in [0.717, 1.165) is 64.2 Å². The summed E-state index contributed by atoms with van der Waals surface area (Å²) >= 11 is 0. The molecule has 440 valence electrons. The number of carbonyl (C=O) groups excluding carboxylic acids is 3. The maximum atomic E-state index is 12.9. The second kappa shape index (κ2) is 64.2. The highest BCUT2D eigenvalue weighted by molar-refractivity contribution is 5.71. The van der Waals surface area contributed by atoms with E-state index in [2.05, 4.69) is 57.2 Å². The van der Waals surface area contributed by atoms with Crippen molar-refractivity contribution >= 4 is 17.9 Å². The lowest BCUT2D eigenvalue weighted by molar-refractivity contribution is -0.167. The van der Waals surface area contributed by atoms with E-state index in [1.807, 2.05) is 0 Å². The lowest BCUT2D eigenvalue weighted by Gasteiger charge is -2.18. The Labute approximate surface area is 467 Å². The zero-order valence-corrected chi connectivity index (χ0v) is 50.6. The summed E-state index contributed by atoms with van der Waals surface area (Å²) < 4.78 is 16.9. The molecular formula is C69H128O6. The molecule has 0 amide bonds.